The van der Waals surface area contributed by atoms with Crippen molar-refractivity contribution in [2.75, 3.05) is 18.5 Å². The van der Waals surface area contributed by atoms with Gasteiger partial charge in [0.1, 0.15) is 12.9 Å². The first-order chi connectivity index (χ1) is 27.5. The second-order valence-corrected chi connectivity index (χ2v) is 16.3. The smallest absolute Gasteiger partial charge is 0.302 e. The minimum absolute atomic E-state index is 0.0211. The van der Waals surface area contributed by atoms with Crippen LogP contribution in [0.1, 0.15) is 210 Å². The Kier molecular flexibility index (Phi) is 25.7. The summed E-state index contributed by atoms with van der Waals surface area (Å²) in [5.74, 6) is -0.0198. The van der Waals surface area contributed by atoms with E-state index in [1.807, 2.05) is 24.3 Å². The van der Waals surface area contributed by atoms with E-state index in [0.29, 0.717) is 19.4 Å². The summed E-state index contributed by atoms with van der Waals surface area (Å²) < 4.78 is 5.39. The van der Waals surface area contributed by atoms with E-state index in [4.69, 9.17) is 4.74 Å². The highest BCUT2D eigenvalue weighted by Crippen LogP contribution is 2.45. The van der Waals surface area contributed by atoms with E-state index in [0.717, 1.165) is 85.7 Å². The zero-order chi connectivity index (χ0) is 39.9. The molecule has 0 aliphatic heterocycles. The molecule has 1 unspecified atom stereocenters. The van der Waals surface area contributed by atoms with Crippen LogP contribution in [0, 0.1) is 0 Å². The van der Waals surface area contributed by atoms with E-state index >= 15 is 0 Å². The highest BCUT2D eigenvalue weighted by atomic mass is 16.5. The van der Waals surface area contributed by atoms with Crippen molar-refractivity contribution in [3.63, 3.8) is 0 Å². The Morgan fingerprint density at radius 3 is 1.55 bits per heavy atom. The number of ether oxygens (including phenoxy) is 1. The predicted molar refractivity (Wildman–Crippen MR) is 232 cm³/mol. The summed E-state index contributed by atoms with van der Waals surface area (Å²) in [6.07, 6.45) is 35.1. The molecule has 0 radical (unpaired) electrons. The van der Waals surface area contributed by atoms with Gasteiger partial charge in [0.05, 0.1) is 0 Å². The molecule has 2 aromatic carbocycles. The van der Waals surface area contributed by atoms with Gasteiger partial charge in [-0.3, -0.25) is 14.4 Å². The zero-order valence-corrected chi connectivity index (χ0v) is 35.2. The molecule has 2 aromatic rings. The van der Waals surface area contributed by atoms with E-state index in [2.05, 4.69) is 28.8 Å². The fourth-order valence-electron chi connectivity index (χ4n) is 8.12. The van der Waals surface area contributed by atoms with Gasteiger partial charge in [0, 0.05) is 44.3 Å². The van der Waals surface area contributed by atoms with Crippen LogP contribution in [-0.4, -0.2) is 37.2 Å². The van der Waals surface area contributed by atoms with Crippen LogP contribution < -0.4 is 10.6 Å². The summed E-state index contributed by atoms with van der Waals surface area (Å²) in [4.78, 5) is 46.7. The number of amides is 2. The topological polar surface area (TPSA) is 102 Å². The third kappa shape index (κ3) is 20.6. The molecule has 312 valence electrons. The number of hydrogen-bond acceptors (Lipinski definition) is 5. The largest absolute Gasteiger partial charge is 0.465 e. The van der Waals surface area contributed by atoms with Crippen LogP contribution in [0.15, 0.2) is 42.5 Å². The second kappa shape index (κ2) is 30.6. The van der Waals surface area contributed by atoms with E-state index in [1.165, 1.54) is 135 Å². The van der Waals surface area contributed by atoms with Crippen LogP contribution >= 0.6 is 0 Å². The van der Waals surface area contributed by atoms with Crippen LogP contribution in [0.25, 0.3) is 11.1 Å². The molecule has 0 saturated heterocycles. The van der Waals surface area contributed by atoms with Gasteiger partial charge in [0.15, 0.2) is 0 Å². The monoisotopic (exact) mass is 773 g/mol. The first-order valence-corrected chi connectivity index (χ1v) is 22.9. The highest BCUT2D eigenvalue weighted by Gasteiger charge is 2.29. The summed E-state index contributed by atoms with van der Waals surface area (Å²) in [7, 11) is 0. The molecule has 0 bridgehead atoms. The second-order valence-electron chi connectivity index (χ2n) is 16.3. The number of carbonyl (C=O) groups is 4. The van der Waals surface area contributed by atoms with Crippen LogP contribution in [0.3, 0.4) is 0 Å². The standard InChI is InChI=1S/C49H76N2O5/c1-41(53)56-40-47-44-32-28-27-31-43(44)45-36-35-42(39-46(45)47)51-49(55)34-26-22-18-14-10-6-4-5-9-13-17-21-25-33-48(54)50-37-29-23-19-15-11-7-2-3-8-12-16-20-24-30-38-52/h27-28,31-32,35-36,38-39,47H,2-26,29-30,33-34,37,40H2,1H3,(H,50,54)(H,51,55). The molecule has 0 saturated carbocycles. The molecule has 7 heteroatoms. The summed E-state index contributed by atoms with van der Waals surface area (Å²) >= 11 is 0. The maximum Gasteiger partial charge on any atom is 0.302 e. The fraction of sp³-hybridized carbons (Fsp3) is 0.673. The van der Waals surface area contributed by atoms with Crippen molar-refractivity contribution in [1.82, 2.24) is 5.32 Å². The number of benzene rings is 2. The lowest BCUT2D eigenvalue weighted by Gasteiger charge is -2.14. The highest BCUT2D eigenvalue weighted by molar-refractivity contribution is 5.92. The summed E-state index contributed by atoms with van der Waals surface area (Å²) in [6, 6.07) is 14.3. The predicted octanol–water partition coefficient (Wildman–Crippen LogP) is 12.9. The lowest BCUT2D eigenvalue weighted by molar-refractivity contribution is -0.141. The van der Waals surface area contributed by atoms with Gasteiger partial charge in [-0.15, -0.1) is 0 Å². The van der Waals surface area contributed by atoms with Crippen LogP contribution in [0.2, 0.25) is 0 Å². The van der Waals surface area contributed by atoms with Crippen molar-refractivity contribution < 1.29 is 23.9 Å². The minimum atomic E-state index is -0.284. The number of esters is 1. The summed E-state index contributed by atoms with van der Waals surface area (Å²) in [5, 5.41) is 6.21. The van der Waals surface area contributed by atoms with E-state index < -0.39 is 0 Å². The van der Waals surface area contributed by atoms with E-state index in [9.17, 15) is 19.2 Å². The average molecular weight is 773 g/mol. The molecule has 0 heterocycles. The van der Waals surface area contributed by atoms with Gasteiger partial charge in [0.25, 0.3) is 0 Å². The van der Waals surface area contributed by atoms with Gasteiger partial charge in [-0.05, 0) is 60.1 Å². The number of aldehydes is 1. The first-order valence-electron chi connectivity index (χ1n) is 22.9. The maximum atomic E-state index is 12.7. The molecular weight excluding hydrogens is 697 g/mol. The number of carbonyl (C=O) groups excluding carboxylic acids is 4. The van der Waals surface area contributed by atoms with Crippen molar-refractivity contribution in [3.8, 4) is 11.1 Å². The molecule has 7 nitrogen and oxygen atoms in total. The fourth-order valence-corrected chi connectivity index (χ4v) is 8.12. The Hall–Kier alpha value is -3.48. The van der Waals surface area contributed by atoms with E-state index in [1.54, 1.807) is 0 Å². The lowest BCUT2D eigenvalue weighted by Crippen LogP contribution is -2.23. The molecule has 0 aromatic heterocycles. The normalized spacial score (nSPS) is 12.9. The average Bonchev–Trinajstić information content (AvgIpc) is 3.50. The Morgan fingerprint density at radius 2 is 1.02 bits per heavy atom. The number of rotatable bonds is 35. The van der Waals surface area contributed by atoms with E-state index in [-0.39, 0.29) is 23.7 Å². The van der Waals surface area contributed by atoms with Crippen molar-refractivity contribution in [2.24, 2.45) is 0 Å². The number of hydrogen-bond donors (Lipinski definition) is 2. The van der Waals surface area contributed by atoms with Gasteiger partial charge >= 0.3 is 5.97 Å². The summed E-state index contributed by atoms with van der Waals surface area (Å²) in [5.41, 5.74) is 5.36. The molecular formula is C49H76N2O5. The molecule has 0 fully saturated rings. The number of fused-ring (bicyclic) bond motifs is 3. The van der Waals surface area contributed by atoms with Crippen LogP contribution in [0.4, 0.5) is 5.69 Å². The Labute approximate surface area is 340 Å². The maximum absolute atomic E-state index is 12.7. The quantitative estimate of drug-likeness (QED) is 0.0413. The van der Waals surface area contributed by atoms with Crippen LogP contribution in [0.5, 0.6) is 0 Å². The number of unbranched alkanes of at least 4 members (excludes halogenated alkanes) is 25. The third-order valence-corrected chi connectivity index (χ3v) is 11.4. The van der Waals surface area contributed by atoms with Gasteiger partial charge in [-0.1, -0.05) is 172 Å². The van der Waals surface area contributed by atoms with Gasteiger partial charge in [-0.2, -0.15) is 0 Å². The van der Waals surface area contributed by atoms with Gasteiger partial charge < -0.3 is 20.2 Å². The first kappa shape index (κ1) is 46.9. The van der Waals surface area contributed by atoms with Crippen LogP contribution in [-0.2, 0) is 23.9 Å². The molecule has 2 N–H and O–H groups in total. The number of anilines is 1. The minimum Gasteiger partial charge on any atom is -0.465 e. The Morgan fingerprint density at radius 1 is 0.554 bits per heavy atom. The zero-order valence-electron chi connectivity index (χ0n) is 35.2. The SMILES string of the molecule is CC(=O)OCC1c2ccccc2-c2ccc(NC(=O)CCCCCCCCCCCCCCCC(=O)NCCCCCCCCCCCCCCCC=O)cc21. The molecule has 3 rings (SSSR count). The Bertz CT molecular complexity index is 1390. The number of nitrogens with one attached hydrogen (secondary N) is 2. The molecule has 1 atom stereocenters. The van der Waals surface area contributed by atoms with Crippen molar-refractivity contribution in [3.05, 3.63) is 53.6 Å². The van der Waals surface area contributed by atoms with Crippen molar-refractivity contribution in [2.45, 2.75) is 199 Å². The Balaban J connectivity index is 1.04. The molecule has 1 aliphatic carbocycles. The van der Waals surface area contributed by atoms with Gasteiger partial charge in [-0.25, -0.2) is 0 Å². The molecule has 2 amide bonds. The van der Waals surface area contributed by atoms with Crippen molar-refractivity contribution in [1.29, 1.82) is 0 Å². The lowest BCUT2D eigenvalue weighted by atomic mass is 9.97. The third-order valence-electron chi connectivity index (χ3n) is 11.4. The molecule has 56 heavy (non-hydrogen) atoms. The van der Waals surface area contributed by atoms with Gasteiger partial charge in [0.2, 0.25) is 11.8 Å². The molecule has 1 aliphatic rings. The molecule has 0 spiro atoms. The van der Waals surface area contributed by atoms with Crippen molar-refractivity contribution >= 4 is 29.8 Å². The summed E-state index contributed by atoms with van der Waals surface area (Å²) in [6.45, 7) is 2.57.